The number of benzene rings is 2. The van der Waals surface area contributed by atoms with Crippen molar-refractivity contribution in [2.45, 2.75) is 6.92 Å². The third-order valence-electron chi connectivity index (χ3n) is 2.52. The second-order valence-corrected chi connectivity index (χ2v) is 4.47. The van der Waals surface area contributed by atoms with Crippen molar-refractivity contribution in [3.05, 3.63) is 64.7 Å². The molecule has 92 valence electrons. The van der Waals surface area contributed by atoms with Crippen molar-refractivity contribution >= 4 is 17.4 Å². The zero-order valence-electron chi connectivity index (χ0n) is 10.0. The van der Waals surface area contributed by atoms with Crippen LogP contribution in [0, 0.1) is 6.92 Å². The van der Waals surface area contributed by atoms with E-state index in [0.717, 1.165) is 5.56 Å². The minimum absolute atomic E-state index is 0.0328. The number of hydrogen-bond acceptors (Lipinski definition) is 2. The van der Waals surface area contributed by atoms with Crippen LogP contribution in [0.5, 0.6) is 5.75 Å². The van der Waals surface area contributed by atoms with Gasteiger partial charge in [-0.25, -0.2) is 0 Å². The second kappa shape index (κ2) is 5.69. The predicted octanol–water partition coefficient (Wildman–Crippen LogP) is 3.91. The van der Waals surface area contributed by atoms with Crippen LogP contribution in [-0.2, 0) is 0 Å². The van der Waals surface area contributed by atoms with E-state index in [1.54, 1.807) is 30.3 Å². The first-order chi connectivity index (χ1) is 8.65. The van der Waals surface area contributed by atoms with Gasteiger partial charge in [0.1, 0.15) is 5.75 Å². The Bertz CT molecular complexity index is 547. The molecule has 0 aliphatic heterocycles. The van der Waals surface area contributed by atoms with Crippen LogP contribution in [0.4, 0.5) is 0 Å². The Kier molecular flexibility index (Phi) is 4.00. The molecule has 2 aromatic rings. The molecule has 0 spiro atoms. The van der Waals surface area contributed by atoms with E-state index in [1.165, 1.54) is 0 Å². The van der Waals surface area contributed by atoms with Gasteiger partial charge in [-0.1, -0.05) is 35.4 Å². The van der Waals surface area contributed by atoms with Gasteiger partial charge >= 0.3 is 0 Å². The van der Waals surface area contributed by atoms with Gasteiger partial charge in [-0.3, -0.25) is 4.79 Å². The van der Waals surface area contributed by atoms with Crippen LogP contribution in [0.1, 0.15) is 15.9 Å². The fraction of sp³-hybridized carbons (Fsp3) is 0.133. The quantitative estimate of drug-likeness (QED) is 0.779. The second-order valence-electron chi connectivity index (χ2n) is 4.04. The molecule has 0 saturated carbocycles. The molecular weight excluding hydrogens is 248 g/mol. The molecule has 2 nitrogen and oxygen atoms in total. The van der Waals surface area contributed by atoms with E-state index in [1.807, 2.05) is 25.1 Å². The first kappa shape index (κ1) is 12.7. The Balaban J connectivity index is 1.98. The van der Waals surface area contributed by atoms with Gasteiger partial charge in [-0.2, -0.15) is 0 Å². The summed E-state index contributed by atoms with van der Waals surface area (Å²) in [5, 5.41) is 0.646. The van der Waals surface area contributed by atoms with Crippen LogP contribution in [0.2, 0.25) is 5.02 Å². The highest BCUT2D eigenvalue weighted by Gasteiger charge is 2.06. The zero-order chi connectivity index (χ0) is 13.0. The van der Waals surface area contributed by atoms with E-state index in [9.17, 15) is 4.79 Å². The summed E-state index contributed by atoms with van der Waals surface area (Å²) < 4.78 is 5.41. The van der Waals surface area contributed by atoms with E-state index in [0.29, 0.717) is 16.3 Å². The standard InChI is InChI=1S/C15H13ClO2/c1-11-3-2-4-12(9-11)15(17)10-18-14-7-5-13(16)6-8-14/h2-9H,10H2,1H3. The summed E-state index contributed by atoms with van der Waals surface area (Å²) >= 11 is 5.77. The lowest BCUT2D eigenvalue weighted by molar-refractivity contribution is 0.0921. The van der Waals surface area contributed by atoms with Crippen LogP contribution < -0.4 is 4.74 Å². The topological polar surface area (TPSA) is 26.3 Å². The maximum atomic E-state index is 11.9. The smallest absolute Gasteiger partial charge is 0.200 e. The fourth-order valence-electron chi connectivity index (χ4n) is 1.58. The van der Waals surface area contributed by atoms with Crippen LogP contribution in [0.25, 0.3) is 0 Å². The highest BCUT2D eigenvalue weighted by molar-refractivity contribution is 6.30. The maximum absolute atomic E-state index is 11.9. The van der Waals surface area contributed by atoms with E-state index >= 15 is 0 Å². The number of rotatable bonds is 4. The highest BCUT2D eigenvalue weighted by Crippen LogP contribution is 2.16. The van der Waals surface area contributed by atoms with E-state index in [2.05, 4.69) is 0 Å². The van der Waals surface area contributed by atoms with Crippen molar-refractivity contribution in [3.8, 4) is 5.75 Å². The molecule has 2 aromatic carbocycles. The Morgan fingerprint density at radius 2 is 1.89 bits per heavy atom. The summed E-state index contributed by atoms with van der Waals surface area (Å²) in [6.07, 6.45) is 0. The van der Waals surface area contributed by atoms with Gasteiger partial charge in [-0.05, 0) is 37.3 Å². The number of carbonyl (C=O) groups excluding carboxylic acids is 1. The molecule has 0 N–H and O–H groups in total. The first-order valence-corrected chi connectivity index (χ1v) is 6.01. The van der Waals surface area contributed by atoms with Crippen molar-refractivity contribution in [1.29, 1.82) is 0 Å². The molecule has 18 heavy (non-hydrogen) atoms. The number of hydrogen-bond donors (Lipinski definition) is 0. The molecule has 0 atom stereocenters. The highest BCUT2D eigenvalue weighted by atomic mass is 35.5. The minimum atomic E-state index is -0.0337. The molecule has 0 fully saturated rings. The number of carbonyl (C=O) groups is 1. The summed E-state index contributed by atoms with van der Waals surface area (Å²) in [4.78, 5) is 11.9. The van der Waals surface area contributed by atoms with Crippen LogP contribution in [0.15, 0.2) is 48.5 Å². The number of ether oxygens (including phenoxy) is 1. The average molecular weight is 261 g/mol. The Morgan fingerprint density at radius 1 is 1.17 bits per heavy atom. The summed E-state index contributed by atoms with van der Waals surface area (Å²) in [6, 6.07) is 14.4. The molecule has 0 amide bonds. The fourth-order valence-corrected chi connectivity index (χ4v) is 1.71. The number of aryl methyl sites for hydroxylation is 1. The lowest BCUT2D eigenvalue weighted by Gasteiger charge is -2.06. The van der Waals surface area contributed by atoms with E-state index in [-0.39, 0.29) is 12.4 Å². The molecule has 0 heterocycles. The SMILES string of the molecule is Cc1cccc(C(=O)COc2ccc(Cl)cc2)c1. The molecule has 0 unspecified atom stereocenters. The van der Waals surface area contributed by atoms with Gasteiger partial charge in [0.25, 0.3) is 0 Å². The monoisotopic (exact) mass is 260 g/mol. The third kappa shape index (κ3) is 3.34. The molecule has 3 heteroatoms. The molecule has 0 aliphatic rings. The Morgan fingerprint density at radius 3 is 2.56 bits per heavy atom. The summed E-state index contributed by atoms with van der Waals surface area (Å²) in [5.41, 5.74) is 1.73. The summed E-state index contributed by atoms with van der Waals surface area (Å²) in [6.45, 7) is 1.99. The lowest BCUT2D eigenvalue weighted by Crippen LogP contribution is -2.11. The van der Waals surface area contributed by atoms with Gasteiger partial charge < -0.3 is 4.74 Å². The molecule has 0 saturated heterocycles. The van der Waals surface area contributed by atoms with Gasteiger partial charge in [0.05, 0.1) is 0 Å². The first-order valence-electron chi connectivity index (χ1n) is 5.63. The van der Waals surface area contributed by atoms with Crippen LogP contribution in [0.3, 0.4) is 0 Å². The van der Waals surface area contributed by atoms with E-state index in [4.69, 9.17) is 16.3 Å². The predicted molar refractivity (Wildman–Crippen MR) is 72.5 cm³/mol. The summed E-state index contributed by atoms with van der Waals surface area (Å²) in [5.74, 6) is 0.606. The summed E-state index contributed by atoms with van der Waals surface area (Å²) in [7, 11) is 0. The number of Topliss-reactive ketones (excluding diaryl/α,β-unsaturated/α-hetero) is 1. The van der Waals surface area contributed by atoms with Gasteiger partial charge in [0.2, 0.25) is 0 Å². The third-order valence-corrected chi connectivity index (χ3v) is 2.78. The zero-order valence-corrected chi connectivity index (χ0v) is 10.8. The van der Waals surface area contributed by atoms with Gasteiger partial charge in [0.15, 0.2) is 12.4 Å². The largest absolute Gasteiger partial charge is 0.485 e. The Labute approximate surface area is 111 Å². The Hall–Kier alpha value is -1.80. The van der Waals surface area contributed by atoms with Crippen molar-refractivity contribution in [2.75, 3.05) is 6.61 Å². The molecule has 0 aromatic heterocycles. The molecule has 0 bridgehead atoms. The van der Waals surface area contributed by atoms with Crippen LogP contribution in [-0.4, -0.2) is 12.4 Å². The van der Waals surface area contributed by atoms with Crippen molar-refractivity contribution in [3.63, 3.8) is 0 Å². The van der Waals surface area contributed by atoms with Gasteiger partial charge in [0, 0.05) is 10.6 Å². The average Bonchev–Trinajstić information content (AvgIpc) is 2.38. The van der Waals surface area contributed by atoms with Crippen molar-refractivity contribution in [1.82, 2.24) is 0 Å². The normalized spacial score (nSPS) is 10.1. The molecule has 0 radical (unpaired) electrons. The number of halogens is 1. The van der Waals surface area contributed by atoms with E-state index < -0.39 is 0 Å². The molecular formula is C15H13ClO2. The molecule has 0 aliphatic carbocycles. The van der Waals surface area contributed by atoms with Crippen LogP contribution >= 0.6 is 11.6 Å². The lowest BCUT2D eigenvalue weighted by atomic mass is 10.1. The van der Waals surface area contributed by atoms with Crippen molar-refractivity contribution in [2.24, 2.45) is 0 Å². The van der Waals surface area contributed by atoms with Crippen molar-refractivity contribution < 1.29 is 9.53 Å². The number of ketones is 1. The van der Waals surface area contributed by atoms with Gasteiger partial charge in [-0.15, -0.1) is 0 Å². The maximum Gasteiger partial charge on any atom is 0.200 e. The molecule has 2 rings (SSSR count). The minimum Gasteiger partial charge on any atom is -0.485 e.